The van der Waals surface area contributed by atoms with Gasteiger partial charge in [0.1, 0.15) is 0 Å². The van der Waals surface area contributed by atoms with E-state index in [1.54, 1.807) is 18.2 Å². The normalized spacial score (nSPS) is 10.3. The van der Waals surface area contributed by atoms with Crippen LogP contribution in [-0.4, -0.2) is 10.9 Å². The molecule has 0 aliphatic heterocycles. The second-order valence-electron chi connectivity index (χ2n) is 5.32. The van der Waals surface area contributed by atoms with E-state index in [4.69, 9.17) is 5.26 Å². The molecule has 3 aromatic rings. The van der Waals surface area contributed by atoms with Gasteiger partial charge >= 0.3 is 0 Å². The van der Waals surface area contributed by atoms with E-state index in [1.165, 1.54) is 0 Å². The van der Waals surface area contributed by atoms with Gasteiger partial charge in [0.05, 0.1) is 22.7 Å². The smallest absolute Gasteiger partial charge is 0.252 e. The molecule has 0 atom stereocenters. The number of pyridine rings is 1. The van der Waals surface area contributed by atoms with Crippen molar-refractivity contribution >= 4 is 16.8 Å². The molecule has 1 heterocycles. The van der Waals surface area contributed by atoms with Crippen molar-refractivity contribution in [3.63, 3.8) is 0 Å². The van der Waals surface area contributed by atoms with Gasteiger partial charge < -0.3 is 5.32 Å². The lowest BCUT2D eigenvalue weighted by atomic mass is 10.1. The number of benzene rings is 2. The van der Waals surface area contributed by atoms with E-state index in [1.807, 2.05) is 43.3 Å². The molecule has 0 aliphatic rings. The number of nitriles is 1. The first-order chi connectivity index (χ1) is 11.2. The van der Waals surface area contributed by atoms with Crippen molar-refractivity contribution in [3.8, 4) is 6.07 Å². The number of aryl methyl sites for hydroxylation is 1. The number of aromatic nitrogens is 1. The molecule has 0 aliphatic carbocycles. The van der Waals surface area contributed by atoms with Gasteiger partial charge in [-0.1, -0.05) is 30.3 Å². The molecule has 4 nitrogen and oxygen atoms in total. The zero-order chi connectivity index (χ0) is 16.2. The molecule has 1 amide bonds. The lowest BCUT2D eigenvalue weighted by Gasteiger charge is -2.09. The molecule has 2 aromatic carbocycles. The molecule has 0 fully saturated rings. The highest BCUT2D eigenvalue weighted by molar-refractivity contribution is 6.06. The Hall–Kier alpha value is -3.19. The van der Waals surface area contributed by atoms with Gasteiger partial charge in [-0.2, -0.15) is 5.26 Å². The quantitative estimate of drug-likeness (QED) is 0.806. The average Bonchev–Trinajstić information content (AvgIpc) is 2.59. The number of carbonyl (C=O) groups is 1. The zero-order valence-electron chi connectivity index (χ0n) is 12.7. The molecule has 0 radical (unpaired) electrons. The van der Waals surface area contributed by atoms with Crippen LogP contribution in [0.3, 0.4) is 0 Å². The van der Waals surface area contributed by atoms with Crippen LogP contribution in [0.2, 0.25) is 0 Å². The van der Waals surface area contributed by atoms with Gasteiger partial charge in [0.25, 0.3) is 5.91 Å². The topological polar surface area (TPSA) is 65.8 Å². The van der Waals surface area contributed by atoms with Crippen LogP contribution >= 0.6 is 0 Å². The summed E-state index contributed by atoms with van der Waals surface area (Å²) in [5.41, 5.74) is 3.71. The third-order valence-electron chi connectivity index (χ3n) is 3.60. The number of hydrogen-bond acceptors (Lipinski definition) is 3. The fraction of sp³-hybridized carbons (Fsp3) is 0.105. The first-order valence-corrected chi connectivity index (χ1v) is 7.31. The van der Waals surface area contributed by atoms with E-state index in [0.29, 0.717) is 17.7 Å². The molecular formula is C19H15N3O. The van der Waals surface area contributed by atoms with Crippen LogP contribution in [0.5, 0.6) is 0 Å². The highest BCUT2D eigenvalue weighted by Crippen LogP contribution is 2.18. The summed E-state index contributed by atoms with van der Waals surface area (Å²) in [7, 11) is 0. The number of nitrogens with one attached hydrogen (secondary N) is 1. The van der Waals surface area contributed by atoms with Gasteiger partial charge in [-0.15, -0.1) is 0 Å². The van der Waals surface area contributed by atoms with E-state index in [0.717, 1.165) is 22.2 Å². The Labute approximate surface area is 134 Å². The van der Waals surface area contributed by atoms with Gasteiger partial charge in [0, 0.05) is 17.6 Å². The lowest BCUT2D eigenvalue weighted by Crippen LogP contribution is -2.23. The molecule has 0 saturated heterocycles. The lowest BCUT2D eigenvalue weighted by molar-refractivity contribution is 0.0952. The van der Waals surface area contributed by atoms with Crippen molar-refractivity contribution in [2.24, 2.45) is 0 Å². The number of hydrogen-bond donors (Lipinski definition) is 1. The van der Waals surface area contributed by atoms with Gasteiger partial charge in [-0.25, -0.2) is 0 Å². The number of nitrogens with zero attached hydrogens (tertiary/aromatic N) is 2. The van der Waals surface area contributed by atoms with E-state index in [9.17, 15) is 4.79 Å². The molecular weight excluding hydrogens is 286 g/mol. The van der Waals surface area contributed by atoms with Crippen LogP contribution in [0.25, 0.3) is 10.9 Å². The van der Waals surface area contributed by atoms with Crippen LogP contribution in [-0.2, 0) is 6.54 Å². The van der Waals surface area contributed by atoms with Crippen LogP contribution < -0.4 is 5.32 Å². The maximum Gasteiger partial charge on any atom is 0.252 e. The Morgan fingerprint density at radius 1 is 1.17 bits per heavy atom. The van der Waals surface area contributed by atoms with Crippen LogP contribution in [0.4, 0.5) is 0 Å². The maximum atomic E-state index is 12.5. The zero-order valence-corrected chi connectivity index (χ0v) is 12.7. The molecule has 4 heteroatoms. The van der Waals surface area contributed by atoms with Crippen LogP contribution in [0, 0.1) is 18.3 Å². The Bertz CT molecular complexity index is 925. The van der Waals surface area contributed by atoms with Crippen molar-refractivity contribution in [2.45, 2.75) is 13.5 Å². The Kier molecular flexibility index (Phi) is 4.03. The molecule has 0 bridgehead atoms. The van der Waals surface area contributed by atoms with E-state index < -0.39 is 0 Å². The van der Waals surface area contributed by atoms with E-state index >= 15 is 0 Å². The monoisotopic (exact) mass is 301 g/mol. The van der Waals surface area contributed by atoms with E-state index in [2.05, 4.69) is 16.4 Å². The minimum atomic E-state index is -0.144. The maximum absolute atomic E-state index is 12.5. The van der Waals surface area contributed by atoms with Crippen LogP contribution in [0.15, 0.2) is 54.6 Å². The SMILES string of the molecule is Cc1cc(C(=O)NCc2cccc(C#N)c2)c2ccccc2n1. The minimum Gasteiger partial charge on any atom is -0.348 e. The number of carbonyl (C=O) groups excluding carboxylic acids is 1. The van der Waals surface area contributed by atoms with E-state index in [-0.39, 0.29) is 5.91 Å². The number of amides is 1. The fourth-order valence-corrected chi connectivity index (χ4v) is 2.52. The van der Waals surface area contributed by atoms with Gasteiger partial charge in [-0.05, 0) is 36.8 Å². The van der Waals surface area contributed by atoms with Crippen molar-refractivity contribution in [2.75, 3.05) is 0 Å². The summed E-state index contributed by atoms with van der Waals surface area (Å²) in [6.07, 6.45) is 0. The molecule has 1 N–H and O–H groups in total. The second kappa shape index (κ2) is 6.29. The molecule has 0 spiro atoms. The number of fused-ring (bicyclic) bond motifs is 1. The molecule has 0 unspecified atom stereocenters. The summed E-state index contributed by atoms with van der Waals surface area (Å²) in [6.45, 7) is 2.25. The molecule has 23 heavy (non-hydrogen) atoms. The Morgan fingerprint density at radius 3 is 2.83 bits per heavy atom. The van der Waals surface area contributed by atoms with Crippen molar-refractivity contribution in [3.05, 3.63) is 77.0 Å². The summed E-state index contributed by atoms with van der Waals surface area (Å²) in [5, 5.41) is 12.7. The molecule has 1 aromatic heterocycles. The summed E-state index contributed by atoms with van der Waals surface area (Å²) < 4.78 is 0. The van der Waals surface area contributed by atoms with Gasteiger partial charge in [0.2, 0.25) is 0 Å². The van der Waals surface area contributed by atoms with Gasteiger partial charge in [-0.3, -0.25) is 9.78 Å². The summed E-state index contributed by atoms with van der Waals surface area (Å²) in [6, 6.07) is 18.7. The predicted molar refractivity (Wildman–Crippen MR) is 88.8 cm³/mol. The summed E-state index contributed by atoms with van der Waals surface area (Å²) in [5.74, 6) is -0.144. The molecule has 3 rings (SSSR count). The number of rotatable bonds is 3. The predicted octanol–water partition coefficient (Wildman–Crippen LogP) is 3.34. The van der Waals surface area contributed by atoms with Crippen molar-refractivity contribution in [1.82, 2.24) is 10.3 Å². The highest BCUT2D eigenvalue weighted by Gasteiger charge is 2.11. The highest BCUT2D eigenvalue weighted by atomic mass is 16.1. The Balaban J connectivity index is 1.85. The molecule has 112 valence electrons. The molecule has 0 saturated carbocycles. The van der Waals surface area contributed by atoms with Crippen LogP contribution in [0.1, 0.15) is 27.2 Å². The number of para-hydroxylation sites is 1. The third kappa shape index (κ3) is 3.19. The Morgan fingerprint density at radius 2 is 2.00 bits per heavy atom. The second-order valence-corrected chi connectivity index (χ2v) is 5.32. The largest absolute Gasteiger partial charge is 0.348 e. The first kappa shape index (κ1) is 14.7. The average molecular weight is 301 g/mol. The van der Waals surface area contributed by atoms with Crippen molar-refractivity contribution in [1.29, 1.82) is 5.26 Å². The van der Waals surface area contributed by atoms with Crippen molar-refractivity contribution < 1.29 is 4.79 Å². The first-order valence-electron chi connectivity index (χ1n) is 7.31. The summed E-state index contributed by atoms with van der Waals surface area (Å²) in [4.78, 5) is 17.0. The fourth-order valence-electron chi connectivity index (χ4n) is 2.52. The van der Waals surface area contributed by atoms with Gasteiger partial charge in [0.15, 0.2) is 0 Å². The standard InChI is InChI=1S/C19H15N3O/c1-13-9-17(16-7-2-3-8-18(16)22-13)19(23)21-12-15-6-4-5-14(10-15)11-20/h2-10H,12H2,1H3,(H,21,23). The minimum absolute atomic E-state index is 0.144. The third-order valence-corrected chi connectivity index (χ3v) is 3.60. The summed E-state index contributed by atoms with van der Waals surface area (Å²) >= 11 is 0.